The molecule has 4 heteroatoms. The molecule has 1 aromatic heterocycles. The normalized spacial score (nSPS) is 21.4. The number of hydrogen-bond donors (Lipinski definition) is 2. The molecule has 0 amide bonds. The lowest BCUT2D eigenvalue weighted by Crippen LogP contribution is -2.44. The molecule has 2 atom stereocenters. The Balaban J connectivity index is 1.74. The molecule has 0 radical (unpaired) electrons. The van der Waals surface area contributed by atoms with Crippen LogP contribution in [0.25, 0.3) is 0 Å². The van der Waals surface area contributed by atoms with E-state index in [9.17, 15) is 9.90 Å². The second-order valence-electron chi connectivity index (χ2n) is 5.14. The van der Waals surface area contributed by atoms with E-state index in [2.05, 4.69) is 28.9 Å². The Labute approximate surface area is 122 Å². The van der Waals surface area contributed by atoms with E-state index >= 15 is 0 Å². The second kappa shape index (κ2) is 5.77. The number of thiophene rings is 1. The summed E-state index contributed by atoms with van der Waals surface area (Å²) in [5.41, 5.74) is 2.58. The zero-order chi connectivity index (χ0) is 13.9. The fraction of sp³-hybridized carbons (Fsp3) is 0.312. The van der Waals surface area contributed by atoms with Crippen LogP contribution in [0.5, 0.6) is 0 Å². The van der Waals surface area contributed by atoms with Gasteiger partial charge in [-0.2, -0.15) is 0 Å². The highest BCUT2D eigenvalue weighted by molar-refractivity contribution is 7.10. The summed E-state index contributed by atoms with van der Waals surface area (Å²) in [4.78, 5) is 12.5. The molecular weight excluding hydrogens is 270 g/mol. The van der Waals surface area contributed by atoms with Gasteiger partial charge >= 0.3 is 5.97 Å². The summed E-state index contributed by atoms with van der Waals surface area (Å²) in [7, 11) is 0. The van der Waals surface area contributed by atoms with Crippen molar-refractivity contribution in [1.82, 2.24) is 5.32 Å². The summed E-state index contributed by atoms with van der Waals surface area (Å²) in [6.07, 6.45) is 2.49. The summed E-state index contributed by atoms with van der Waals surface area (Å²) >= 11 is 1.67. The van der Waals surface area contributed by atoms with Crippen molar-refractivity contribution in [2.24, 2.45) is 0 Å². The first-order valence-electron chi connectivity index (χ1n) is 6.83. The average Bonchev–Trinajstić information content (AvgIpc) is 2.94. The number of hydrogen-bond acceptors (Lipinski definition) is 3. The van der Waals surface area contributed by atoms with Gasteiger partial charge in [0.2, 0.25) is 0 Å². The van der Waals surface area contributed by atoms with Crippen LogP contribution in [0.15, 0.2) is 41.8 Å². The molecule has 2 heterocycles. The summed E-state index contributed by atoms with van der Waals surface area (Å²) in [5, 5.41) is 14.6. The summed E-state index contributed by atoms with van der Waals surface area (Å²) in [5.74, 6) is -0.756. The minimum absolute atomic E-state index is 0.145. The first kappa shape index (κ1) is 13.3. The third-order valence-electron chi connectivity index (χ3n) is 3.81. The van der Waals surface area contributed by atoms with Crippen LogP contribution < -0.4 is 5.32 Å². The molecule has 0 fully saturated rings. The fourth-order valence-electron chi connectivity index (χ4n) is 2.76. The van der Waals surface area contributed by atoms with Crippen molar-refractivity contribution in [3.63, 3.8) is 0 Å². The van der Waals surface area contributed by atoms with E-state index < -0.39 is 12.0 Å². The van der Waals surface area contributed by atoms with Gasteiger partial charge < -0.3 is 5.11 Å². The predicted molar refractivity (Wildman–Crippen MR) is 80.1 cm³/mol. The number of benzene rings is 1. The quantitative estimate of drug-likeness (QED) is 0.909. The van der Waals surface area contributed by atoms with Gasteiger partial charge in [0.1, 0.15) is 6.04 Å². The van der Waals surface area contributed by atoms with Crippen LogP contribution in [0.2, 0.25) is 0 Å². The van der Waals surface area contributed by atoms with E-state index in [1.54, 1.807) is 11.3 Å². The SMILES string of the molecule is O=C(O)C1Cc2sccc2C(CCc2ccccc2)N1. The van der Waals surface area contributed by atoms with Crippen LogP contribution in [-0.4, -0.2) is 17.1 Å². The largest absolute Gasteiger partial charge is 0.480 e. The molecule has 1 aromatic carbocycles. The number of aliphatic carboxylic acids is 1. The minimum atomic E-state index is -0.756. The Kier molecular flexibility index (Phi) is 3.85. The lowest BCUT2D eigenvalue weighted by molar-refractivity contribution is -0.139. The molecule has 0 saturated heterocycles. The molecule has 3 rings (SSSR count). The van der Waals surface area contributed by atoms with Gasteiger partial charge in [-0.25, -0.2) is 0 Å². The van der Waals surface area contributed by atoms with Crippen molar-refractivity contribution in [2.75, 3.05) is 0 Å². The summed E-state index contributed by atoms with van der Waals surface area (Å²) in [6.45, 7) is 0. The van der Waals surface area contributed by atoms with E-state index in [4.69, 9.17) is 0 Å². The van der Waals surface area contributed by atoms with Crippen molar-refractivity contribution < 1.29 is 9.90 Å². The van der Waals surface area contributed by atoms with Crippen LogP contribution in [0.1, 0.15) is 28.5 Å². The number of aryl methyl sites for hydroxylation is 1. The van der Waals surface area contributed by atoms with Crippen molar-refractivity contribution in [3.8, 4) is 0 Å². The van der Waals surface area contributed by atoms with E-state index in [1.165, 1.54) is 16.0 Å². The molecule has 104 valence electrons. The Morgan fingerprint density at radius 3 is 2.85 bits per heavy atom. The van der Waals surface area contributed by atoms with Crippen LogP contribution in [-0.2, 0) is 17.6 Å². The average molecular weight is 287 g/mol. The molecule has 2 unspecified atom stereocenters. The molecule has 0 saturated carbocycles. The van der Waals surface area contributed by atoms with Gasteiger partial charge in [-0.1, -0.05) is 30.3 Å². The van der Waals surface area contributed by atoms with E-state index in [1.807, 2.05) is 18.2 Å². The minimum Gasteiger partial charge on any atom is -0.480 e. The van der Waals surface area contributed by atoms with Gasteiger partial charge in [0, 0.05) is 17.3 Å². The van der Waals surface area contributed by atoms with Gasteiger partial charge in [-0.05, 0) is 35.4 Å². The van der Waals surface area contributed by atoms with E-state index in [0.717, 1.165) is 12.8 Å². The topological polar surface area (TPSA) is 49.3 Å². The molecule has 0 spiro atoms. The molecular formula is C16H17NO2S. The Bertz CT molecular complexity index is 594. The molecule has 1 aliphatic rings. The van der Waals surface area contributed by atoms with Crippen molar-refractivity contribution in [1.29, 1.82) is 0 Å². The molecule has 0 aliphatic carbocycles. The van der Waals surface area contributed by atoms with E-state index in [-0.39, 0.29) is 6.04 Å². The highest BCUT2D eigenvalue weighted by Gasteiger charge is 2.30. The maximum Gasteiger partial charge on any atom is 0.321 e. The molecule has 2 N–H and O–H groups in total. The highest BCUT2D eigenvalue weighted by atomic mass is 32.1. The monoisotopic (exact) mass is 287 g/mol. The lowest BCUT2D eigenvalue weighted by atomic mass is 9.93. The number of rotatable bonds is 4. The zero-order valence-corrected chi connectivity index (χ0v) is 11.9. The lowest BCUT2D eigenvalue weighted by Gasteiger charge is -2.29. The Morgan fingerprint density at radius 1 is 1.30 bits per heavy atom. The van der Waals surface area contributed by atoms with Crippen LogP contribution >= 0.6 is 11.3 Å². The van der Waals surface area contributed by atoms with Crippen molar-refractivity contribution in [3.05, 3.63) is 57.8 Å². The van der Waals surface area contributed by atoms with Crippen LogP contribution in [0, 0.1) is 0 Å². The molecule has 20 heavy (non-hydrogen) atoms. The zero-order valence-electron chi connectivity index (χ0n) is 11.1. The summed E-state index contributed by atoms with van der Waals surface area (Å²) in [6, 6.07) is 12.1. The second-order valence-corrected chi connectivity index (χ2v) is 6.14. The first-order chi connectivity index (χ1) is 9.74. The van der Waals surface area contributed by atoms with Crippen molar-refractivity contribution >= 4 is 17.3 Å². The van der Waals surface area contributed by atoms with Gasteiger partial charge in [0.25, 0.3) is 0 Å². The number of nitrogens with one attached hydrogen (secondary N) is 1. The highest BCUT2D eigenvalue weighted by Crippen LogP contribution is 2.32. The molecule has 0 bridgehead atoms. The first-order valence-corrected chi connectivity index (χ1v) is 7.71. The Morgan fingerprint density at radius 2 is 2.10 bits per heavy atom. The van der Waals surface area contributed by atoms with Crippen molar-refractivity contribution in [2.45, 2.75) is 31.3 Å². The number of fused-ring (bicyclic) bond motifs is 1. The van der Waals surface area contributed by atoms with Crippen LogP contribution in [0.3, 0.4) is 0 Å². The smallest absolute Gasteiger partial charge is 0.321 e. The van der Waals surface area contributed by atoms with Crippen LogP contribution in [0.4, 0.5) is 0 Å². The maximum atomic E-state index is 11.2. The van der Waals surface area contributed by atoms with Gasteiger partial charge in [-0.15, -0.1) is 11.3 Å². The van der Waals surface area contributed by atoms with Gasteiger partial charge in [-0.3, -0.25) is 10.1 Å². The van der Waals surface area contributed by atoms with Gasteiger partial charge in [0.15, 0.2) is 0 Å². The third-order valence-corrected chi connectivity index (χ3v) is 4.77. The molecule has 1 aliphatic heterocycles. The predicted octanol–water partition coefficient (Wildman–Crippen LogP) is 3.02. The van der Waals surface area contributed by atoms with Gasteiger partial charge in [0.05, 0.1) is 0 Å². The third kappa shape index (κ3) is 2.76. The fourth-order valence-corrected chi connectivity index (χ4v) is 3.75. The number of carbonyl (C=O) groups is 1. The number of carboxylic acid groups (broad SMARTS) is 1. The number of carboxylic acids is 1. The Hall–Kier alpha value is -1.65. The molecule has 2 aromatic rings. The van der Waals surface area contributed by atoms with E-state index in [0.29, 0.717) is 6.42 Å². The standard InChI is InChI=1S/C16H17NO2S/c18-16(19)14-10-15-12(8-9-20-15)13(17-14)7-6-11-4-2-1-3-5-11/h1-5,8-9,13-14,17H,6-7,10H2,(H,18,19). The molecule has 3 nitrogen and oxygen atoms in total. The maximum absolute atomic E-state index is 11.2. The summed E-state index contributed by atoms with van der Waals surface area (Å²) < 4.78 is 0.